The number of hydrogen-bond acceptors (Lipinski definition) is 4. The molecule has 1 aromatic rings. The van der Waals surface area contributed by atoms with Crippen molar-refractivity contribution in [2.75, 3.05) is 13.2 Å². The third-order valence-electron chi connectivity index (χ3n) is 2.98. The predicted octanol–water partition coefficient (Wildman–Crippen LogP) is -0.314. The van der Waals surface area contributed by atoms with Crippen LogP contribution in [-0.2, 0) is 0 Å². The molecule has 1 amide bonds. The summed E-state index contributed by atoms with van der Waals surface area (Å²) in [5.41, 5.74) is -1.40. The monoisotopic (exact) mass is 269 g/mol. The molecule has 1 heterocycles. The van der Waals surface area contributed by atoms with Crippen molar-refractivity contribution in [1.29, 1.82) is 0 Å². The van der Waals surface area contributed by atoms with Crippen molar-refractivity contribution >= 4 is 5.91 Å². The van der Waals surface area contributed by atoms with E-state index in [9.17, 15) is 14.4 Å². The number of nitrogens with zero attached hydrogens (tertiary/aromatic N) is 1. The van der Waals surface area contributed by atoms with Crippen molar-refractivity contribution in [3.8, 4) is 0 Å². The Morgan fingerprint density at radius 3 is 2.42 bits per heavy atom. The molecule has 0 atom stereocenters. The fourth-order valence-electron chi connectivity index (χ4n) is 2.03. The number of aromatic nitrogens is 2. The van der Waals surface area contributed by atoms with Crippen molar-refractivity contribution in [3.05, 3.63) is 32.6 Å². The molecule has 19 heavy (non-hydrogen) atoms. The SMILES string of the molecule is CCC(CC)N(CCO)C(=O)c1cc(=O)[nH]c(=O)[nH]1. The van der Waals surface area contributed by atoms with E-state index in [1.54, 1.807) is 0 Å². The van der Waals surface area contributed by atoms with E-state index in [1.165, 1.54) is 4.90 Å². The largest absolute Gasteiger partial charge is 0.395 e. The van der Waals surface area contributed by atoms with Crippen molar-refractivity contribution in [3.63, 3.8) is 0 Å². The van der Waals surface area contributed by atoms with Gasteiger partial charge >= 0.3 is 5.69 Å². The van der Waals surface area contributed by atoms with Crippen LogP contribution < -0.4 is 11.2 Å². The number of rotatable bonds is 6. The van der Waals surface area contributed by atoms with Gasteiger partial charge in [-0.2, -0.15) is 0 Å². The van der Waals surface area contributed by atoms with Gasteiger partial charge in [-0.3, -0.25) is 14.6 Å². The average molecular weight is 269 g/mol. The maximum atomic E-state index is 12.3. The highest BCUT2D eigenvalue weighted by atomic mass is 16.3. The summed E-state index contributed by atoms with van der Waals surface area (Å²) in [6.07, 6.45) is 1.46. The zero-order valence-electron chi connectivity index (χ0n) is 11.1. The molecule has 1 aromatic heterocycles. The number of nitrogens with one attached hydrogen (secondary N) is 2. The van der Waals surface area contributed by atoms with E-state index in [-0.39, 0.29) is 24.9 Å². The first kappa shape index (κ1) is 15.2. The molecule has 0 bridgehead atoms. The van der Waals surface area contributed by atoms with Crippen molar-refractivity contribution < 1.29 is 9.90 Å². The molecule has 7 heteroatoms. The number of aromatic amines is 2. The lowest BCUT2D eigenvalue weighted by Crippen LogP contribution is -2.43. The van der Waals surface area contributed by atoms with Gasteiger partial charge in [0.05, 0.1) is 6.61 Å². The van der Waals surface area contributed by atoms with Crippen molar-refractivity contribution in [2.24, 2.45) is 0 Å². The van der Waals surface area contributed by atoms with Gasteiger partial charge in [-0.05, 0) is 12.8 Å². The van der Waals surface area contributed by atoms with Crippen LogP contribution >= 0.6 is 0 Å². The first-order chi connectivity index (χ1) is 9.03. The number of aliphatic hydroxyl groups excluding tert-OH is 1. The first-order valence-electron chi connectivity index (χ1n) is 6.28. The molecule has 3 N–H and O–H groups in total. The Kier molecular flexibility index (Phi) is 5.50. The van der Waals surface area contributed by atoms with E-state index in [1.807, 2.05) is 18.8 Å². The van der Waals surface area contributed by atoms with Gasteiger partial charge in [0.15, 0.2) is 0 Å². The molecular weight excluding hydrogens is 250 g/mol. The molecule has 0 saturated heterocycles. The Balaban J connectivity index is 3.11. The summed E-state index contributed by atoms with van der Waals surface area (Å²) in [5, 5.41) is 9.05. The van der Waals surface area contributed by atoms with E-state index in [4.69, 9.17) is 5.11 Å². The highest BCUT2D eigenvalue weighted by molar-refractivity contribution is 5.92. The average Bonchev–Trinajstić information content (AvgIpc) is 2.37. The summed E-state index contributed by atoms with van der Waals surface area (Å²) >= 11 is 0. The molecule has 0 spiro atoms. The fourth-order valence-corrected chi connectivity index (χ4v) is 2.03. The minimum absolute atomic E-state index is 0.0394. The van der Waals surface area contributed by atoms with Crippen LogP contribution in [0.5, 0.6) is 0 Å². The Morgan fingerprint density at radius 2 is 1.95 bits per heavy atom. The van der Waals surface area contributed by atoms with Crippen LogP contribution in [0.1, 0.15) is 37.2 Å². The Morgan fingerprint density at radius 1 is 1.32 bits per heavy atom. The van der Waals surface area contributed by atoms with Gasteiger partial charge in [-0.1, -0.05) is 13.8 Å². The van der Waals surface area contributed by atoms with Gasteiger partial charge in [0.1, 0.15) is 5.69 Å². The predicted molar refractivity (Wildman–Crippen MR) is 70.2 cm³/mol. The molecule has 0 unspecified atom stereocenters. The molecule has 0 saturated carbocycles. The molecule has 0 aliphatic heterocycles. The molecule has 0 aromatic carbocycles. The van der Waals surface area contributed by atoms with Gasteiger partial charge in [0.2, 0.25) is 0 Å². The Bertz CT molecular complexity index is 502. The van der Waals surface area contributed by atoms with Crippen molar-refractivity contribution in [1.82, 2.24) is 14.9 Å². The van der Waals surface area contributed by atoms with Crippen LogP contribution in [0.2, 0.25) is 0 Å². The van der Waals surface area contributed by atoms with Gasteiger partial charge in [-0.25, -0.2) is 4.79 Å². The van der Waals surface area contributed by atoms with Crippen molar-refractivity contribution in [2.45, 2.75) is 32.7 Å². The third kappa shape index (κ3) is 3.78. The molecule has 106 valence electrons. The zero-order valence-corrected chi connectivity index (χ0v) is 11.1. The van der Waals surface area contributed by atoms with E-state index in [2.05, 4.69) is 4.98 Å². The molecule has 0 aliphatic rings. The zero-order chi connectivity index (χ0) is 14.4. The summed E-state index contributed by atoms with van der Waals surface area (Å²) in [4.78, 5) is 40.5. The second-order valence-corrected chi connectivity index (χ2v) is 4.19. The number of carbonyl (C=O) groups is 1. The van der Waals surface area contributed by atoms with Gasteiger partial charge < -0.3 is 15.0 Å². The summed E-state index contributed by atoms with van der Waals surface area (Å²) in [5.74, 6) is -0.453. The minimum atomic E-state index is -0.718. The van der Waals surface area contributed by atoms with E-state index >= 15 is 0 Å². The quantitative estimate of drug-likeness (QED) is 0.658. The fraction of sp³-hybridized carbons (Fsp3) is 0.583. The lowest BCUT2D eigenvalue weighted by molar-refractivity contribution is 0.0615. The second kappa shape index (κ2) is 6.89. The number of hydrogen-bond donors (Lipinski definition) is 3. The molecule has 0 radical (unpaired) electrons. The Labute approximate surface area is 110 Å². The molecule has 7 nitrogen and oxygen atoms in total. The molecule has 1 rings (SSSR count). The third-order valence-corrected chi connectivity index (χ3v) is 2.98. The smallest absolute Gasteiger partial charge is 0.326 e. The number of amides is 1. The highest BCUT2D eigenvalue weighted by Gasteiger charge is 2.22. The topological polar surface area (TPSA) is 106 Å². The van der Waals surface area contributed by atoms with E-state index in [0.717, 1.165) is 18.9 Å². The van der Waals surface area contributed by atoms with Crippen LogP contribution in [-0.4, -0.2) is 45.1 Å². The minimum Gasteiger partial charge on any atom is -0.395 e. The standard InChI is InChI=1S/C12H19N3O4/c1-3-8(4-2)15(5-6-16)11(18)9-7-10(17)14-12(19)13-9/h7-8,16H,3-6H2,1-2H3,(H2,13,14,17,19). The van der Waals surface area contributed by atoms with Crippen LogP contribution in [0.4, 0.5) is 0 Å². The molecule has 0 fully saturated rings. The van der Waals surface area contributed by atoms with Crippen LogP contribution in [0.25, 0.3) is 0 Å². The highest BCUT2D eigenvalue weighted by Crippen LogP contribution is 2.11. The van der Waals surface area contributed by atoms with Gasteiger partial charge in [0.25, 0.3) is 11.5 Å². The van der Waals surface area contributed by atoms with Crippen LogP contribution in [0, 0.1) is 0 Å². The first-order valence-corrected chi connectivity index (χ1v) is 6.28. The maximum absolute atomic E-state index is 12.3. The van der Waals surface area contributed by atoms with Crippen LogP contribution in [0.15, 0.2) is 15.7 Å². The second-order valence-electron chi connectivity index (χ2n) is 4.19. The number of carbonyl (C=O) groups excluding carboxylic acids is 1. The summed E-state index contributed by atoms with van der Waals surface area (Å²) in [6.45, 7) is 3.87. The number of aliphatic hydroxyl groups is 1. The normalized spacial score (nSPS) is 10.7. The summed E-state index contributed by atoms with van der Waals surface area (Å²) in [7, 11) is 0. The van der Waals surface area contributed by atoms with Gasteiger partial charge in [-0.15, -0.1) is 0 Å². The lowest BCUT2D eigenvalue weighted by Gasteiger charge is -2.29. The summed E-state index contributed by atoms with van der Waals surface area (Å²) in [6, 6.07) is 1.01. The van der Waals surface area contributed by atoms with Gasteiger partial charge in [0, 0.05) is 18.7 Å². The molecule has 0 aliphatic carbocycles. The van der Waals surface area contributed by atoms with Crippen LogP contribution in [0.3, 0.4) is 0 Å². The Hall–Kier alpha value is -1.89. The van der Waals surface area contributed by atoms with E-state index < -0.39 is 17.2 Å². The summed E-state index contributed by atoms with van der Waals surface area (Å²) < 4.78 is 0. The molecular formula is C12H19N3O4. The van der Waals surface area contributed by atoms with E-state index in [0.29, 0.717) is 0 Å². The number of H-pyrrole nitrogens is 2. The maximum Gasteiger partial charge on any atom is 0.326 e. The lowest BCUT2D eigenvalue weighted by atomic mass is 10.1.